The van der Waals surface area contributed by atoms with Gasteiger partial charge in [-0.25, -0.2) is 4.98 Å². The molecule has 1 aromatic rings. The van der Waals surface area contributed by atoms with Gasteiger partial charge in [0.05, 0.1) is 5.69 Å². The zero-order valence-corrected chi connectivity index (χ0v) is 10.6. The standard InChI is InChI=1S/C13H22N4/c1-16-4-2-10(8-16)6-12-9-17-5-3-11(14)7-13(17)15-12/h9-11H,2-8,14H2,1H3. The summed E-state index contributed by atoms with van der Waals surface area (Å²) in [6.07, 6.45) is 6.75. The molecule has 0 saturated carbocycles. The number of rotatable bonds is 2. The molecule has 3 heterocycles. The van der Waals surface area contributed by atoms with Gasteiger partial charge in [-0.2, -0.15) is 0 Å². The Morgan fingerprint density at radius 3 is 3.06 bits per heavy atom. The highest BCUT2D eigenvalue weighted by Crippen LogP contribution is 2.21. The lowest BCUT2D eigenvalue weighted by Crippen LogP contribution is -2.30. The largest absolute Gasteiger partial charge is 0.335 e. The second-order valence-corrected chi connectivity index (χ2v) is 5.72. The van der Waals surface area contributed by atoms with Crippen LogP contribution in [0.1, 0.15) is 24.4 Å². The summed E-state index contributed by atoms with van der Waals surface area (Å²) in [6, 6.07) is 0.315. The highest BCUT2D eigenvalue weighted by atomic mass is 15.1. The molecule has 1 aromatic heterocycles. The fourth-order valence-electron chi connectivity index (χ4n) is 3.10. The highest BCUT2D eigenvalue weighted by Gasteiger charge is 2.22. The van der Waals surface area contributed by atoms with Gasteiger partial charge in [0.25, 0.3) is 0 Å². The quantitative estimate of drug-likeness (QED) is 0.817. The molecule has 1 fully saturated rings. The van der Waals surface area contributed by atoms with Gasteiger partial charge >= 0.3 is 0 Å². The van der Waals surface area contributed by atoms with E-state index in [2.05, 4.69) is 22.7 Å². The highest BCUT2D eigenvalue weighted by molar-refractivity contribution is 5.09. The molecule has 1 saturated heterocycles. The first-order chi connectivity index (χ1) is 8.20. The lowest BCUT2D eigenvalue weighted by molar-refractivity contribution is 0.393. The molecule has 0 aliphatic carbocycles. The zero-order chi connectivity index (χ0) is 11.8. The van der Waals surface area contributed by atoms with Gasteiger partial charge in [-0.3, -0.25) is 0 Å². The van der Waals surface area contributed by atoms with Crippen LogP contribution in [0, 0.1) is 5.92 Å². The number of likely N-dealkylation sites (tertiary alicyclic amines) is 1. The SMILES string of the molecule is CN1CCC(Cc2cn3c(n2)CC(N)CC3)C1. The maximum Gasteiger partial charge on any atom is 0.110 e. The van der Waals surface area contributed by atoms with Gasteiger partial charge in [-0.05, 0) is 38.8 Å². The number of aromatic nitrogens is 2. The van der Waals surface area contributed by atoms with Gasteiger partial charge in [0.1, 0.15) is 5.82 Å². The first-order valence-corrected chi connectivity index (χ1v) is 6.70. The van der Waals surface area contributed by atoms with Crippen LogP contribution in [-0.4, -0.2) is 40.6 Å². The number of imidazole rings is 1. The van der Waals surface area contributed by atoms with Crippen LogP contribution < -0.4 is 5.73 Å². The van der Waals surface area contributed by atoms with Crippen LogP contribution in [0.25, 0.3) is 0 Å². The van der Waals surface area contributed by atoms with E-state index in [9.17, 15) is 0 Å². The van der Waals surface area contributed by atoms with E-state index >= 15 is 0 Å². The van der Waals surface area contributed by atoms with Crippen molar-refractivity contribution in [1.29, 1.82) is 0 Å². The van der Waals surface area contributed by atoms with Gasteiger partial charge in [-0.1, -0.05) is 0 Å². The van der Waals surface area contributed by atoms with E-state index in [1.54, 1.807) is 0 Å². The summed E-state index contributed by atoms with van der Waals surface area (Å²) in [4.78, 5) is 7.17. The van der Waals surface area contributed by atoms with Crippen molar-refractivity contribution >= 4 is 0 Å². The van der Waals surface area contributed by atoms with E-state index in [-0.39, 0.29) is 0 Å². The molecular weight excluding hydrogens is 212 g/mol. The maximum absolute atomic E-state index is 5.98. The van der Waals surface area contributed by atoms with E-state index < -0.39 is 0 Å². The Bertz CT molecular complexity index is 398. The van der Waals surface area contributed by atoms with E-state index in [0.29, 0.717) is 6.04 Å². The van der Waals surface area contributed by atoms with Crippen LogP contribution in [0.5, 0.6) is 0 Å². The fourth-order valence-corrected chi connectivity index (χ4v) is 3.10. The second kappa shape index (κ2) is 4.42. The number of hydrogen-bond donors (Lipinski definition) is 1. The third kappa shape index (κ3) is 2.38. The minimum Gasteiger partial charge on any atom is -0.335 e. The molecule has 3 rings (SSSR count). The number of fused-ring (bicyclic) bond motifs is 1. The molecule has 0 radical (unpaired) electrons. The van der Waals surface area contributed by atoms with Gasteiger partial charge in [0, 0.05) is 31.7 Å². The molecule has 2 aliphatic heterocycles. The van der Waals surface area contributed by atoms with Crippen molar-refractivity contribution in [2.24, 2.45) is 11.7 Å². The lowest BCUT2D eigenvalue weighted by atomic mass is 10.0. The van der Waals surface area contributed by atoms with Crippen molar-refractivity contribution in [2.75, 3.05) is 20.1 Å². The Morgan fingerprint density at radius 2 is 2.29 bits per heavy atom. The topological polar surface area (TPSA) is 47.1 Å². The average molecular weight is 234 g/mol. The molecule has 94 valence electrons. The second-order valence-electron chi connectivity index (χ2n) is 5.72. The summed E-state index contributed by atoms with van der Waals surface area (Å²) in [5, 5.41) is 0. The van der Waals surface area contributed by atoms with E-state index in [1.165, 1.54) is 31.0 Å². The molecular formula is C13H22N4. The summed E-state index contributed by atoms with van der Waals surface area (Å²) in [6.45, 7) is 3.51. The molecule has 0 aromatic carbocycles. The van der Waals surface area contributed by atoms with E-state index in [0.717, 1.165) is 31.7 Å². The predicted molar refractivity (Wildman–Crippen MR) is 67.8 cm³/mol. The Kier molecular flexibility index (Phi) is 2.92. The zero-order valence-electron chi connectivity index (χ0n) is 10.6. The van der Waals surface area contributed by atoms with Crippen LogP contribution in [-0.2, 0) is 19.4 Å². The van der Waals surface area contributed by atoms with Crippen LogP contribution >= 0.6 is 0 Å². The van der Waals surface area contributed by atoms with Crippen LogP contribution in [0.3, 0.4) is 0 Å². The third-order valence-corrected chi connectivity index (χ3v) is 4.08. The molecule has 2 N–H and O–H groups in total. The Hall–Kier alpha value is -0.870. The summed E-state index contributed by atoms with van der Waals surface area (Å²) >= 11 is 0. The van der Waals surface area contributed by atoms with Crippen LogP contribution in [0.15, 0.2) is 6.20 Å². The average Bonchev–Trinajstić information content (AvgIpc) is 2.84. The van der Waals surface area contributed by atoms with Crippen molar-refractivity contribution in [3.8, 4) is 0 Å². The monoisotopic (exact) mass is 234 g/mol. The number of nitrogens with two attached hydrogens (primary N) is 1. The van der Waals surface area contributed by atoms with Crippen molar-refractivity contribution in [2.45, 2.75) is 38.3 Å². The minimum atomic E-state index is 0.315. The summed E-state index contributed by atoms with van der Waals surface area (Å²) in [5.41, 5.74) is 7.25. The van der Waals surface area contributed by atoms with Crippen molar-refractivity contribution < 1.29 is 0 Å². The fraction of sp³-hybridized carbons (Fsp3) is 0.769. The third-order valence-electron chi connectivity index (χ3n) is 4.08. The molecule has 0 bridgehead atoms. The Morgan fingerprint density at radius 1 is 1.41 bits per heavy atom. The summed E-state index contributed by atoms with van der Waals surface area (Å²) < 4.78 is 2.30. The molecule has 2 aliphatic rings. The molecule has 2 atom stereocenters. The minimum absolute atomic E-state index is 0.315. The normalized spacial score (nSPS) is 29.5. The lowest BCUT2D eigenvalue weighted by Gasteiger charge is -2.18. The van der Waals surface area contributed by atoms with Gasteiger partial charge in [0.15, 0.2) is 0 Å². The molecule has 17 heavy (non-hydrogen) atoms. The molecule has 4 heteroatoms. The van der Waals surface area contributed by atoms with E-state index in [1.807, 2.05) is 0 Å². The van der Waals surface area contributed by atoms with Crippen LogP contribution in [0.2, 0.25) is 0 Å². The van der Waals surface area contributed by atoms with Crippen molar-refractivity contribution in [3.05, 3.63) is 17.7 Å². The number of aryl methyl sites for hydroxylation is 1. The van der Waals surface area contributed by atoms with Gasteiger partial charge in [-0.15, -0.1) is 0 Å². The first kappa shape index (κ1) is 11.2. The predicted octanol–water partition coefficient (Wildman–Crippen LogP) is 0.651. The van der Waals surface area contributed by atoms with Gasteiger partial charge < -0.3 is 15.2 Å². The number of nitrogens with zero attached hydrogens (tertiary/aromatic N) is 3. The maximum atomic E-state index is 5.98. The number of hydrogen-bond acceptors (Lipinski definition) is 3. The van der Waals surface area contributed by atoms with Gasteiger partial charge in [0.2, 0.25) is 0 Å². The Balaban J connectivity index is 1.68. The summed E-state index contributed by atoms with van der Waals surface area (Å²) in [5.74, 6) is 2.00. The first-order valence-electron chi connectivity index (χ1n) is 6.70. The molecule has 4 nitrogen and oxygen atoms in total. The molecule has 2 unspecified atom stereocenters. The van der Waals surface area contributed by atoms with Crippen LogP contribution in [0.4, 0.5) is 0 Å². The Labute approximate surface area is 103 Å². The van der Waals surface area contributed by atoms with Crippen molar-refractivity contribution in [1.82, 2.24) is 14.5 Å². The van der Waals surface area contributed by atoms with E-state index in [4.69, 9.17) is 10.7 Å². The molecule has 0 amide bonds. The summed E-state index contributed by atoms with van der Waals surface area (Å²) in [7, 11) is 2.21. The smallest absolute Gasteiger partial charge is 0.110 e. The molecule has 0 spiro atoms. The van der Waals surface area contributed by atoms with Crippen molar-refractivity contribution in [3.63, 3.8) is 0 Å².